The summed E-state index contributed by atoms with van der Waals surface area (Å²) in [5.41, 5.74) is 1.27. The van der Waals surface area contributed by atoms with Gasteiger partial charge in [-0.2, -0.15) is 0 Å². The SMILES string of the molecule is O=C(O)/C=C\C(=O)O.S=C(NC1CCCCC1)N1CCC(c2cnc[nH]2)CC1. The molecule has 28 heavy (non-hydrogen) atoms. The van der Waals surface area contributed by atoms with Crippen molar-refractivity contribution < 1.29 is 19.8 Å². The van der Waals surface area contributed by atoms with E-state index in [0.717, 1.165) is 31.0 Å². The first-order valence-corrected chi connectivity index (χ1v) is 10.0. The molecule has 0 aromatic carbocycles. The third-order valence-electron chi connectivity index (χ3n) is 5.04. The summed E-state index contributed by atoms with van der Waals surface area (Å²) in [6, 6.07) is 0.613. The van der Waals surface area contributed by atoms with E-state index in [2.05, 4.69) is 20.2 Å². The molecule has 0 radical (unpaired) electrons. The van der Waals surface area contributed by atoms with E-state index in [1.807, 2.05) is 6.20 Å². The Morgan fingerprint density at radius 2 is 1.71 bits per heavy atom. The van der Waals surface area contributed by atoms with E-state index in [0.29, 0.717) is 24.1 Å². The first-order chi connectivity index (χ1) is 13.5. The number of nitrogens with zero attached hydrogens (tertiary/aromatic N) is 2. The van der Waals surface area contributed by atoms with Gasteiger partial charge in [0.05, 0.1) is 6.33 Å². The Kier molecular flexibility index (Phi) is 8.93. The van der Waals surface area contributed by atoms with Crippen molar-refractivity contribution in [2.75, 3.05) is 13.1 Å². The largest absolute Gasteiger partial charge is 0.478 e. The van der Waals surface area contributed by atoms with E-state index in [1.165, 1.54) is 37.8 Å². The van der Waals surface area contributed by atoms with E-state index < -0.39 is 11.9 Å². The summed E-state index contributed by atoms with van der Waals surface area (Å²) in [5, 5.41) is 20.2. The van der Waals surface area contributed by atoms with Crippen molar-refractivity contribution in [3.05, 3.63) is 30.4 Å². The van der Waals surface area contributed by atoms with E-state index in [1.54, 1.807) is 6.33 Å². The highest BCUT2D eigenvalue weighted by atomic mass is 32.1. The van der Waals surface area contributed by atoms with Gasteiger partial charge in [-0.25, -0.2) is 14.6 Å². The quantitative estimate of drug-likeness (QED) is 0.443. The summed E-state index contributed by atoms with van der Waals surface area (Å²) in [7, 11) is 0. The van der Waals surface area contributed by atoms with Gasteiger partial charge in [-0.15, -0.1) is 0 Å². The molecule has 0 spiro atoms. The fourth-order valence-electron chi connectivity index (χ4n) is 3.54. The third kappa shape index (κ3) is 7.67. The van der Waals surface area contributed by atoms with Crippen LogP contribution in [-0.4, -0.2) is 61.3 Å². The van der Waals surface area contributed by atoms with Crippen LogP contribution in [0.5, 0.6) is 0 Å². The highest BCUT2D eigenvalue weighted by molar-refractivity contribution is 7.80. The number of hydrogen-bond acceptors (Lipinski definition) is 4. The maximum atomic E-state index is 9.55. The summed E-state index contributed by atoms with van der Waals surface area (Å²) in [4.78, 5) is 28.8. The van der Waals surface area contributed by atoms with Gasteiger partial charge in [0.2, 0.25) is 0 Å². The maximum absolute atomic E-state index is 9.55. The Bertz CT molecular complexity index is 647. The number of hydrogen-bond donors (Lipinski definition) is 4. The van der Waals surface area contributed by atoms with Gasteiger partial charge >= 0.3 is 11.9 Å². The first kappa shape index (κ1) is 21.9. The van der Waals surface area contributed by atoms with Crippen LogP contribution in [0.15, 0.2) is 24.7 Å². The summed E-state index contributed by atoms with van der Waals surface area (Å²) in [6.45, 7) is 2.12. The average molecular weight is 409 g/mol. The number of carboxylic acids is 2. The molecule has 1 saturated carbocycles. The number of carboxylic acid groups (broad SMARTS) is 2. The second-order valence-corrected chi connectivity index (χ2v) is 7.45. The van der Waals surface area contributed by atoms with Crippen LogP contribution < -0.4 is 5.32 Å². The summed E-state index contributed by atoms with van der Waals surface area (Å²) in [6.07, 6.45) is 13.8. The highest BCUT2D eigenvalue weighted by Gasteiger charge is 2.24. The molecule has 0 amide bonds. The summed E-state index contributed by atoms with van der Waals surface area (Å²) >= 11 is 5.59. The first-order valence-electron chi connectivity index (χ1n) is 9.63. The van der Waals surface area contributed by atoms with Crippen molar-refractivity contribution in [3.63, 3.8) is 0 Å². The van der Waals surface area contributed by atoms with Crippen LogP contribution in [0.3, 0.4) is 0 Å². The molecule has 1 aromatic rings. The average Bonchev–Trinajstić information content (AvgIpc) is 3.23. The predicted molar refractivity (Wildman–Crippen MR) is 109 cm³/mol. The topological polar surface area (TPSA) is 119 Å². The number of imidazole rings is 1. The monoisotopic (exact) mass is 408 g/mol. The lowest BCUT2D eigenvalue weighted by atomic mass is 9.94. The zero-order valence-electron chi connectivity index (χ0n) is 15.8. The standard InChI is InChI=1S/C15H24N4S.C4H4O4/c20-15(18-13-4-2-1-3-5-13)19-8-6-12(7-9-19)14-10-16-11-17-14;5-3(6)1-2-4(7)8/h10-13H,1-9H2,(H,16,17)(H,18,20);1-2H,(H,5,6)(H,7,8)/b;2-1-. The van der Waals surface area contributed by atoms with Crippen molar-refractivity contribution in [1.29, 1.82) is 0 Å². The summed E-state index contributed by atoms with van der Waals surface area (Å²) in [5.74, 6) is -1.90. The van der Waals surface area contributed by atoms with Crippen LogP contribution in [0.4, 0.5) is 0 Å². The molecular formula is C19H28N4O4S. The Hall–Kier alpha value is -2.42. The minimum Gasteiger partial charge on any atom is -0.478 e. The number of aliphatic carboxylic acids is 2. The van der Waals surface area contributed by atoms with Gasteiger partial charge in [-0.05, 0) is 37.9 Å². The molecule has 2 aliphatic rings. The molecule has 0 atom stereocenters. The van der Waals surface area contributed by atoms with E-state index >= 15 is 0 Å². The van der Waals surface area contributed by atoms with Gasteiger partial charge in [0.25, 0.3) is 0 Å². The summed E-state index contributed by atoms with van der Waals surface area (Å²) < 4.78 is 0. The molecule has 0 unspecified atom stereocenters. The molecule has 9 heteroatoms. The molecule has 1 aliphatic carbocycles. The lowest BCUT2D eigenvalue weighted by Crippen LogP contribution is -2.47. The van der Waals surface area contributed by atoms with Crippen molar-refractivity contribution in [3.8, 4) is 0 Å². The van der Waals surface area contributed by atoms with Gasteiger partial charge < -0.3 is 25.4 Å². The molecule has 1 saturated heterocycles. The second-order valence-electron chi connectivity index (χ2n) is 7.06. The van der Waals surface area contributed by atoms with Gasteiger partial charge in [0.15, 0.2) is 5.11 Å². The molecule has 154 valence electrons. The molecule has 8 nitrogen and oxygen atoms in total. The van der Waals surface area contributed by atoms with Crippen LogP contribution in [-0.2, 0) is 9.59 Å². The number of H-pyrrole nitrogens is 1. The molecule has 4 N–H and O–H groups in total. The number of carbonyl (C=O) groups is 2. The maximum Gasteiger partial charge on any atom is 0.328 e. The number of nitrogens with one attached hydrogen (secondary N) is 2. The van der Waals surface area contributed by atoms with Crippen molar-refractivity contribution >= 4 is 29.3 Å². The third-order valence-corrected chi connectivity index (χ3v) is 5.42. The van der Waals surface area contributed by atoms with Crippen LogP contribution in [0.2, 0.25) is 0 Å². The Morgan fingerprint density at radius 3 is 2.21 bits per heavy atom. The van der Waals surface area contributed by atoms with Crippen LogP contribution >= 0.6 is 12.2 Å². The van der Waals surface area contributed by atoms with E-state index in [4.69, 9.17) is 22.4 Å². The molecule has 3 rings (SSSR count). The fraction of sp³-hybridized carbons (Fsp3) is 0.579. The highest BCUT2D eigenvalue weighted by Crippen LogP contribution is 2.26. The van der Waals surface area contributed by atoms with Crippen molar-refractivity contribution in [2.24, 2.45) is 0 Å². The molecular weight excluding hydrogens is 380 g/mol. The van der Waals surface area contributed by atoms with E-state index in [9.17, 15) is 9.59 Å². The second kappa shape index (κ2) is 11.4. The normalized spacial score (nSPS) is 18.4. The predicted octanol–water partition coefficient (Wildman–Crippen LogP) is 2.51. The fourth-order valence-corrected chi connectivity index (χ4v) is 3.89. The number of aromatic amines is 1. The van der Waals surface area contributed by atoms with E-state index in [-0.39, 0.29) is 0 Å². The van der Waals surface area contributed by atoms with Gasteiger partial charge in [0, 0.05) is 49.1 Å². The lowest BCUT2D eigenvalue weighted by Gasteiger charge is -2.35. The number of thiocarbonyl (C=S) groups is 1. The molecule has 1 aromatic heterocycles. The van der Waals surface area contributed by atoms with Crippen molar-refractivity contribution in [1.82, 2.24) is 20.2 Å². The molecule has 2 fully saturated rings. The van der Waals surface area contributed by atoms with Crippen LogP contribution in [0.1, 0.15) is 56.6 Å². The van der Waals surface area contributed by atoms with Gasteiger partial charge in [0.1, 0.15) is 0 Å². The number of rotatable bonds is 4. The van der Waals surface area contributed by atoms with Crippen LogP contribution in [0, 0.1) is 0 Å². The van der Waals surface area contributed by atoms with Gasteiger partial charge in [-0.3, -0.25) is 0 Å². The molecule has 2 heterocycles. The zero-order chi connectivity index (χ0) is 20.4. The minimum atomic E-state index is -1.26. The van der Waals surface area contributed by atoms with Crippen LogP contribution in [0.25, 0.3) is 0 Å². The van der Waals surface area contributed by atoms with Crippen molar-refractivity contribution in [2.45, 2.75) is 56.9 Å². The smallest absolute Gasteiger partial charge is 0.328 e. The Morgan fingerprint density at radius 1 is 1.11 bits per heavy atom. The van der Waals surface area contributed by atoms with Gasteiger partial charge in [-0.1, -0.05) is 19.3 Å². The number of likely N-dealkylation sites (tertiary alicyclic amines) is 1. The zero-order valence-corrected chi connectivity index (χ0v) is 16.7. The molecule has 1 aliphatic heterocycles. The lowest BCUT2D eigenvalue weighted by molar-refractivity contribution is -0.134. The minimum absolute atomic E-state index is 0.558. The molecule has 0 bridgehead atoms. The Balaban J connectivity index is 0.000000300. The number of piperidine rings is 1. The Labute approximate surface area is 170 Å². The number of aromatic nitrogens is 2.